The molecule has 2 N–H and O–H groups in total. The van der Waals surface area contributed by atoms with Gasteiger partial charge in [0.05, 0.1) is 5.56 Å². The summed E-state index contributed by atoms with van der Waals surface area (Å²) in [6.07, 6.45) is 5.93. The zero-order valence-corrected chi connectivity index (χ0v) is 10.7. The van der Waals surface area contributed by atoms with Gasteiger partial charge in [-0.25, -0.2) is 4.39 Å². The highest BCUT2D eigenvalue weighted by Crippen LogP contribution is 2.35. The van der Waals surface area contributed by atoms with E-state index in [1.807, 2.05) is 0 Å². The molecule has 1 aliphatic rings. The second-order valence-electron chi connectivity index (χ2n) is 5.23. The molecule has 0 unspecified atom stereocenters. The van der Waals surface area contributed by atoms with Crippen LogP contribution in [-0.2, 0) is 6.42 Å². The molecular formula is C15H17FN2O. The van der Waals surface area contributed by atoms with Crippen molar-refractivity contribution < 1.29 is 8.91 Å². The number of hydrogen-bond acceptors (Lipinski definition) is 3. The maximum absolute atomic E-state index is 13.0. The molecule has 100 valence electrons. The van der Waals surface area contributed by atoms with Crippen molar-refractivity contribution in [1.82, 2.24) is 5.16 Å². The number of nitrogen functional groups attached to an aromatic ring is 1. The second kappa shape index (κ2) is 5.03. The predicted octanol–water partition coefficient (Wildman–Crippen LogP) is 3.80. The fourth-order valence-corrected chi connectivity index (χ4v) is 2.88. The Morgan fingerprint density at radius 1 is 1.21 bits per heavy atom. The predicted molar refractivity (Wildman–Crippen MR) is 72.0 cm³/mol. The van der Waals surface area contributed by atoms with Crippen LogP contribution >= 0.6 is 0 Å². The summed E-state index contributed by atoms with van der Waals surface area (Å²) in [5.74, 6) is 1.62. The minimum absolute atomic E-state index is 0.254. The lowest BCUT2D eigenvalue weighted by Crippen LogP contribution is -1.99. The molecule has 0 radical (unpaired) electrons. The van der Waals surface area contributed by atoms with Gasteiger partial charge in [-0.15, -0.1) is 0 Å². The highest BCUT2D eigenvalue weighted by atomic mass is 19.1. The minimum atomic E-state index is -0.254. The van der Waals surface area contributed by atoms with Gasteiger partial charge >= 0.3 is 0 Å². The third-order valence-electron chi connectivity index (χ3n) is 3.87. The van der Waals surface area contributed by atoms with Gasteiger partial charge in [-0.1, -0.05) is 43.0 Å². The lowest BCUT2D eigenvalue weighted by Gasteiger charge is -2.07. The quantitative estimate of drug-likeness (QED) is 0.913. The van der Waals surface area contributed by atoms with Crippen LogP contribution in [0.15, 0.2) is 28.8 Å². The average molecular weight is 260 g/mol. The third kappa shape index (κ3) is 2.48. The summed E-state index contributed by atoms with van der Waals surface area (Å²) in [4.78, 5) is 0. The van der Waals surface area contributed by atoms with Crippen molar-refractivity contribution in [1.29, 1.82) is 0 Å². The van der Waals surface area contributed by atoms with E-state index in [-0.39, 0.29) is 5.82 Å². The number of hydrogen-bond donors (Lipinski definition) is 1. The maximum atomic E-state index is 13.0. The van der Waals surface area contributed by atoms with Crippen LogP contribution in [-0.4, -0.2) is 5.16 Å². The first kappa shape index (κ1) is 12.2. The highest BCUT2D eigenvalue weighted by molar-refractivity contribution is 5.75. The smallest absolute Gasteiger partial charge is 0.175 e. The van der Waals surface area contributed by atoms with E-state index in [2.05, 4.69) is 5.16 Å². The topological polar surface area (TPSA) is 52.0 Å². The summed E-state index contributed by atoms with van der Waals surface area (Å²) in [5, 5.41) is 3.87. The molecule has 1 fully saturated rings. The van der Waals surface area contributed by atoms with E-state index >= 15 is 0 Å². The summed E-state index contributed by atoms with van der Waals surface area (Å²) in [5.41, 5.74) is 7.58. The summed E-state index contributed by atoms with van der Waals surface area (Å²) in [7, 11) is 0. The van der Waals surface area contributed by atoms with E-state index in [1.54, 1.807) is 12.1 Å². The van der Waals surface area contributed by atoms with Crippen molar-refractivity contribution in [2.24, 2.45) is 5.92 Å². The Morgan fingerprint density at radius 3 is 2.58 bits per heavy atom. The number of aromatic nitrogens is 1. The van der Waals surface area contributed by atoms with Gasteiger partial charge in [0.25, 0.3) is 0 Å². The van der Waals surface area contributed by atoms with E-state index in [9.17, 15) is 4.39 Å². The van der Waals surface area contributed by atoms with Gasteiger partial charge in [0.1, 0.15) is 11.6 Å². The standard InChI is InChI=1S/C15H17FN2O/c16-12-7-5-11(6-8-12)14-13(19-18-15(14)17)9-10-3-1-2-4-10/h5-8,10H,1-4,9H2,(H2,17,18). The second-order valence-corrected chi connectivity index (χ2v) is 5.23. The zero-order valence-electron chi connectivity index (χ0n) is 10.7. The molecule has 2 aromatic rings. The van der Waals surface area contributed by atoms with E-state index in [0.717, 1.165) is 23.3 Å². The molecule has 3 rings (SSSR count). The molecule has 19 heavy (non-hydrogen) atoms. The molecule has 0 saturated heterocycles. The summed E-state index contributed by atoms with van der Waals surface area (Å²) >= 11 is 0. The van der Waals surface area contributed by atoms with Gasteiger partial charge in [0.2, 0.25) is 0 Å². The average Bonchev–Trinajstić information content (AvgIpc) is 3.02. The van der Waals surface area contributed by atoms with Crippen molar-refractivity contribution in [3.05, 3.63) is 35.8 Å². The lowest BCUT2D eigenvalue weighted by molar-refractivity contribution is 0.362. The lowest BCUT2D eigenvalue weighted by atomic mass is 9.97. The number of nitrogens with zero attached hydrogens (tertiary/aromatic N) is 1. The summed E-state index contributed by atoms with van der Waals surface area (Å²) in [6.45, 7) is 0. The number of halogens is 1. The number of anilines is 1. The van der Waals surface area contributed by atoms with Gasteiger partial charge in [-0.05, 0) is 23.6 Å². The van der Waals surface area contributed by atoms with E-state index in [0.29, 0.717) is 11.7 Å². The third-order valence-corrected chi connectivity index (χ3v) is 3.87. The Labute approximate surface area is 111 Å². The van der Waals surface area contributed by atoms with Gasteiger partial charge in [-0.3, -0.25) is 0 Å². The number of nitrogens with two attached hydrogens (primary N) is 1. The Balaban J connectivity index is 1.91. The SMILES string of the molecule is Nc1noc(CC2CCCC2)c1-c1ccc(F)cc1. The molecule has 1 aliphatic carbocycles. The molecule has 0 aliphatic heterocycles. The van der Waals surface area contributed by atoms with Crippen molar-refractivity contribution >= 4 is 5.82 Å². The van der Waals surface area contributed by atoms with E-state index in [4.69, 9.17) is 10.3 Å². The van der Waals surface area contributed by atoms with Gasteiger partial charge in [0.15, 0.2) is 5.82 Å². The first-order chi connectivity index (χ1) is 9.24. The normalized spacial score (nSPS) is 16.1. The Morgan fingerprint density at radius 2 is 1.89 bits per heavy atom. The molecule has 0 amide bonds. The highest BCUT2D eigenvalue weighted by Gasteiger charge is 2.22. The number of rotatable bonds is 3. The first-order valence-corrected chi connectivity index (χ1v) is 6.74. The molecular weight excluding hydrogens is 243 g/mol. The van der Waals surface area contributed by atoms with Gasteiger partial charge in [0, 0.05) is 6.42 Å². The molecule has 0 bridgehead atoms. The molecule has 1 heterocycles. The van der Waals surface area contributed by atoms with Crippen molar-refractivity contribution in [2.45, 2.75) is 32.1 Å². The fourth-order valence-electron chi connectivity index (χ4n) is 2.88. The van der Waals surface area contributed by atoms with Crippen LogP contribution in [0.4, 0.5) is 10.2 Å². The Bertz CT molecular complexity index is 556. The Kier molecular flexibility index (Phi) is 3.23. The van der Waals surface area contributed by atoms with E-state index < -0.39 is 0 Å². The van der Waals surface area contributed by atoms with Crippen LogP contribution in [0.3, 0.4) is 0 Å². The largest absolute Gasteiger partial charge is 0.380 e. The molecule has 0 spiro atoms. The molecule has 1 saturated carbocycles. The van der Waals surface area contributed by atoms with Gasteiger partial charge in [-0.2, -0.15) is 0 Å². The van der Waals surface area contributed by atoms with Crippen LogP contribution in [0.2, 0.25) is 0 Å². The van der Waals surface area contributed by atoms with Crippen molar-refractivity contribution in [3.63, 3.8) is 0 Å². The molecule has 1 aromatic carbocycles. The number of benzene rings is 1. The maximum Gasteiger partial charge on any atom is 0.175 e. The minimum Gasteiger partial charge on any atom is -0.380 e. The van der Waals surface area contributed by atoms with E-state index in [1.165, 1.54) is 37.8 Å². The first-order valence-electron chi connectivity index (χ1n) is 6.74. The van der Waals surface area contributed by atoms with Crippen LogP contribution in [0.1, 0.15) is 31.4 Å². The van der Waals surface area contributed by atoms with Crippen molar-refractivity contribution in [2.75, 3.05) is 5.73 Å². The molecule has 3 nitrogen and oxygen atoms in total. The zero-order chi connectivity index (χ0) is 13.2. The van der Waals surface area contributed by atoms with Gasteiger partial charge < -0.3 is 10.3 Å². The van der Waals surface area contributed by atoms with Crippen LogP contribution in [0, 0.1) is 11.7 Å². The van der Waals surface area contributed by atoms with Crippen molar-refractivity contribution in [3.8, 4) is 11.1 Å². The molecule has 4 heteroatoms. The molecule has 1 aromatic heterocycles. The van der Waals surface area contributed by atoms with Crippen LogP contribution in [0.25, 0.3) is 11.1 Å². The summed E-state index contributed by atoms with van der Waals surface area (Å²) < 4.78 is 18.4. The molecule has 0 atom stereocenters. The fraction of sp³-hybridized carbons (Fsp3) is 0.400. The summed E-state index contributed by atoms with van der Waals surface area (Å²) in [6, 6.07) is 6.30. The monoisotopic (exact) mass is 260 g/mol. The Hall–Kier alpha value is -1.84. The van der Waals surface area contributed by atoms with Crippen LogP contribution in [0.5, 0.6) is 0 Å². The van der Waals surface area contributed by atoms with Crippen LogP contribution < -0.4 is 5.73 Å².